The summed E-state index contributed by atoms with van der Waals surface area (Å²) in [5, 5.41) is 9.91. The van der Waals surface area contributed by atoms with Crippen LogP contribution >= 0.6 is 0 Å². The monoisotopic (exact) mass is 271 g/mol. The van der Waals surface area contributed by atoms with Crippen molar-refractivity contribution in [1.29, 1.82) is 0 Å². The number of rotatable bonds is 2. The van der Waals surface area contributed by atoms with Crippen LogP contribution in [-0.4, -0.2) is 46.6 Å². The van der Waals surface area contributed by atoms with E-state index in [0.717, 1.165) is 12.8 Å². The lowest BCUT2D eigenvalue weighted by molar-refractivity contribution is 0.129. The molecule has 3 unspecified atom stereocenters. The Morgan fingerprint density at radius 2 is 2.17 bits per heavy atom. The maximum absolute atomic E-state index is 12.4. The number of fused-ring (bicyclic) bond motifs is 1. The van der Waals surface area contributed by atoms with E-state index in [1.807, 2.05) is 0 Å². The fourth-order valence-corrected chi connectivity index (χ4v) is 4.55. The predicted molar refractivity (Wildman–Crippen MR) is 64.2 cm³/mol. The maximum atomic E-state index is 12.4. The van der Waals surface area contributed by atoms with Crippen molar-refractivity contribution >= 4 is 10.0 Å². The van der Waals surface area contributed by atoms with Crippen LogP contribution in [0.2, 0.25) is 0 Å². The molecule has 2 aliphatic rings. The average molecular weight is 271 g/mol. The number of hydrogen-bond donors (Lipinski definition) is 1. The van der Waals surface area contributed by atoms with E-state index in [4.69, 9.17) is 0 Å². The van der Waals surface area contributed by atoms with Gasteiger partial charge in [-0.15, -0.1) is 0 Å². The lowest BCUT2D eigenvalue weighted by Gasteiger charge is -2.16. The third kappa shape index (κ3) is 1.77. The largest absolute Gasteiger partial charge is 0.393 e. The molecular formula is C11H17N3O3S. The fraction of sp³-hybridized carbons (Fsp3) is 0.727. The van der Waals surface area contributed by atoms with Crippen LogP contribution < -0.4 is 0 Å². The van der Waals surface area contributed by atoms with E-state index in [0.29, 0.717) is 19.0 Å². The fourth-order valence-electron chi connectivity index (χ4n) is 3.05. The first kappa shape index (κ1) is 12.1. The highest BCUT2D eigenvalue weighted by atomic mass is 32.2. The van der Waals surface area contributed by atoms with Gasteiger partial charge in [0.05, 0.1) is 12.4 Å². The summed E-state index contributed by atoms with van der Waals surface area (Å²) in [6, 6.07) is 0. The average Bonchev–Trinajstić information content (AvgIpc) is 2.96. The van der Waals surface area contributed by atoms with Crippen molar-refractivity contribution in [3.05, 3.63) is 12.5 Å². The van der Waals surface area contributed by atoms with Crippen LogP contribution in [0.5, 0.6) is 0 Å². The molecule has 0 spiro atoms. The van der Waals surface area contributed by atoms with E-state index in [1.54, 1.807) is 11.6 Å². The third-order valence-electron chi connectivity index (χ3n) is 4.07. The van der Waals surface area contributed by atoms with Gasteiger partial charge in [0.2, 0.25) is 0 Å². The van der Waals surface area contributed by atoms with E-state index in [-0.39, 0.29) is 17.0 Å². The molecule has 18 heavy (non-hydrogen) atoms. The number of hydrogen-bond acceptors (Lipinski definition) is 4. The molecule has 7 heteroatoms. The van der Waals surface area contributed by atoms with Gasteiger partial charge in [-0.2, -0.15) is 4.31 Å². The molecule has 1 N–H and O–H groups in total. The molecule has 3 rings (SSSR count). The SMILES string of the molecule is Cn1cnc(S(=O)(=O)N2CC3CCC(O)C3C2)c1. The lowest BCUT2D eigenvalue weighted by Crippen LogP contribution is -2.31. The standard InChI is InChI=1S/C11H17N3O3S/c1-13-6-11(12-7-13)18(16,17)14-4-8-2-3-10(15)9(8)5-14/h6-10,15H,2-5H2,1H3. The quantitative estimate of drug-likeness (QED) is 0.809. The Balaban J connectivity index is 1.84. The number of imidazole rings is 1. The molecule has 2 fully saturated rings. The van der Waals surface area contributed by atoms with Crippen LogP contribution in [0.25, 0.3) is 0 Å². The van der Waals surface area contributed by atoms with E-state index in [1.165, 1.54) is 16.8 Å². The van der Waals surface area contributed by atoms with E-state index in [9.17, 15) is 13.5 Å². The molecule has 100 valence electrons. The molecule has 1 saturated carbocycles. The second-order valence-electron chi connectivity index (χ2n) is 5.27. The molecular weight excluding hydrogens is 254 g/mol. The first-order valence-corrected chi connectivity index (χ1v) is 7.58. The van der Waals surface area contributed by atoms with Crippen molar-refractivity contribution in [2.75, 3.05) is 13.1 Å². The van der Waals surface area contributed by atoms with Crippen molar-refractivity contribution in [3.63, 3.8) is 0 Å². The third-order valence-corrected chi connectivity index (χ3v) is 5.79. The number of aliphatic hydroxyl groups excluding tert-OH is 1. The summed E-state index contributed by atoms with van der Waals surface area (Å²) in [4.78, 5) is 3.92. The van der Waals surface area contributed by atoms with Crippen molar-refractivity contribution < 1.29 is 13.5 Å². The first-order chi connectivity index (χ1) is 8.48. The zero-order chi connectivity index (χ0) is 12.9. The van der Waals surface area contributed by atoms with Crippen LogP contribution in [0.1, 0.15) is 12.8 Å². The molecule has 3 atom stereocenters. The van der Waals surface area contributed by atoms with Gasteiger partial charge < -0.3 is 9.67 Å². The van der Waals surface area contributed by atoms with Gasteiger partial charge in [-0.1, -0.05) is 0 Å². The lowest BCUT2D eigenvalue weighted by atomic mass is 10.00. The van der Waals surface area contributed by atoms with Gasteiger partial charge in [0.25, 0.3) is 10.0 Å². The summed E-state index contributed by atoms with van der Waals surface area (Å²) in [5.41, 5.74) is 0. The predicted octanol–water partition coefficient (Wildman–Crippen LogP) is -0.189. The number of aryl methyl sites for hydroxylation is 1. The molecule has 0 amide bonds. The first-order valence-electron chi connectivity index (χ1n) is 6.14. The van der Waals surface area contributed by atoms with E-state index < -0.39 is 10.0 Å². The normalized spacial score (nSPS) is 32.9. The Hall–Kier alpha value is -0.920. The topological polar surface area (TPSA) is 75.4 Å². The Kier molecular flexibility index (Phi) is 2.72. The van der Waals surface area contributed by atoms with Crippen LogP contribution in [0.4, 0.5) is 0 Å². The molecule has 1 saturated heterocycles. The summed E-state index contributed by atoms with van der Waals surface area (Å²) in [5.74, 6) is 0.405. The van der Waals surface area contributed by atoms with Crippen molar-refractivity contribution in [2.45, 2.75) is 24.0 Å². The van der Waals surface area contributed by atoms with Gasteiger partial charge in [-0.05, 0) is 18.8 Å². The van der Waals surface area contributed by atoms with E-state index >= 15 is 0 Å². The summed E-state index contributed by atoms with van der Waals surface area (Å²) < 4.78 is 27.8. The minimum Gasteiger partial charge on any atom is -0.393 e. The summed E-state index contributed by atoms with van der Waals surface area (Å²) in [6.45, 7) is 0.936. The number of aliphatic hydroxyl groups is 1. The summed E-state index contributed by atoms with van der Waals surface area (Å²) in [6.07, 6.45) is 4.37. The number of nitrogens with zero attached hydrogens (tertiary/aromatic N) is 3. The zero-order valence-electron chi connectivity index (χ0n) is 10.2. The molecule has 0 radical (unpaired) electrons. The Labute approximate surface area is 106 Å². The minimum absolute atomic E-state index is 0.0967. The van der Waals surface area contributed by atoms with Gasteiger partial charge in [-0.3, -0.25) is 0 Å². The summed E-state index contributed by atoms with van der Waals surface area (Å²) in [7, 11) is -1.75. The van der Waals surface area contributed by atoms with Gasteiger partial charge in [0.1, 0.15) is 0 Å². The van der Waals surface area contributed by atoms with Gasteiger partial charge in [-0.25, -0.2) is 13.4 Å². The van der Waals surface area contributed by atoms with Crippen molar-refractivity contribution in [3.8, 4) is 0 Å². The minimum atomic E-state index is -3.49. The molecule has 0 bridgehead atoms. The zero-order valence-corrected chi connectivity index (χ0v) is 11.0. The van der Waals surface area contributed by atoms with Crippen LogP contribution in [0.15, 0.2) is 17.6 Å². The maximum Gasteiger partial charge on any atom is 0.262 e. The van der Waals surface area contributed by atoms with Crippen LogP contribution in [0.3, 0.4) is 0 Å². The number of sulfonamides is 1. The molecule has 1 aromatic rings. The van der Waals surface area contributed by atoms with Crippen LogP contribution in [0, 0.1) is 11.8 Å². The van der Waals surface area contributed by atoms with Gasteiger partial charge in [0, 0.05) is 32.3 Å². The molecule has 6 nitrogen and oxygen atoms in total. The smallest absolute Gasteiger partial charge is 0.262 e. The van der Waals surface area contributed by atoms with Crippen LogP contribution in [-0.2, 0) is 17.1 Å². The molecule has 1 aromatic heterocycles. The Morgan fingerprint density at radius 3 is 2.78 bits per heavy atom. The van der Waals surface area contributed by atoms with Crippen molar-refractivity contribution in [2.24, 2.45) is 18.9 Å². The molecule has 0 aromatic carbocycles. The second kappa shape index (κ2) is 4.04. The van der Waals surface area contributed by atoms with Gasteiger partial charge >= 0.3 is 0 Å². The molecule has 1 aliphatic carbocycles. The van der Waals surface area contributed by atoms with Gasteiger partial charge in [0.15, 0.2) is 5.03 Å². The second-order valence-corrected chi connectivity index (χ2v) is 7.15. The highest BCUT2D eigenvalue weighted by molar-refractivity contribution is 7.89. The molecule has 1 aliphatic heterocycles. The van der Waals surface area contributed by atoms with Crippen molar-refractivity contribution in [1.82, 2.24) is 13.9 Å². The Bertz CT molecular complexity index is 554. The summed E-state index contributed by atoms with van der Waals surface area (Å²) >= 11 is 0. The highest BCUT2D eigenvalue weighted by Gasteiger charge is 2.46. The Morgan fingerprint density at radius 1 is 1.39 bits per heavy atom. The molecule has 2 heterocycles. The highest BCUT2D eigenvalue weighted by Crippen LogP contribution is 2.39. The van der Waals surface area contributed by atoms with E-state index in [2.05, 4.69) is 4.98 Å². The number of aromatic nitrogens is 2.